The van der Waals surface area contributed by atoms with Crippen molar-refractivity contribution >= 4 is 11.9 Å². The molecule has 4 heteroatoms. The standard InChI is InChI=1S/C17H14O4/c1-2-15(18)21-16(19)17(20,13-9-5-3-6-10-13)14-11-7-4-8-12-14/h2-12,20H,1H2. The van der Waals surface area contributed by atoms with Gasteiger partial charge >= 0.3 is 11.9 Å². The molecule has 2 rings (SSSR count). The van der Waals surface area contributed by atoms with Gasteiger partial charge in [0.05, 0.1) is 0 Å². The first-order valence-corrected chi connectivity index (χ1v) is 6.31. The van der Waals surface area contributed by atoms with Crippen LogP contribution in [0.5, 0.6) is 0 Å². The van der Waals surface area contributed by atoms with Gasteiger partial charge in [0.2, 0.25) is 5.60 Å². The molecule has 4 nitrogen and oxygen atoms in total. The molecule has 0 saturated heterocycles. The van der Waals surface area contributed by atoms with Gasteiger partial charge in [-0.05, 0) is 11.1 Å². The maximum Gasteiger partial charge on any atom is 0.355 e. The van der Waals surface area contributed by atoms with Crippen LogP contribution in [0.25, 0.3) is 0 Å². The second-order valence-corrected chi connectivity index (χ2v) is 4.36. The van der Waals surface area contributed by atoms with Gasteiger partial charge in [0.1, 0.15) is 0 Å². The molecule has 0 aliphatic carbocycles. The van der Waals surface area contributed by atoms with Gasteiger partial charge in [0.15, 0.2) is 0 Å². The van der Waals surface area contributed by atoms with Gasteiger partial charge in [-0.1, -0.05) is 67.2 Å². The summed E-state index contributed by atoms with van der Waals surface area (Å²) in [6, 6.07) is 16.6. The minimum absolute atomic E-state index is 0.318. The second-order valence-electron chi connectivity index (χ2n) is 4.36. The average Bonchev–Trinajstić information content (AvgIpc) is 2.55. The minimum Gasteiger partial charge on any atom is -0.387 e. The predicted molar refractivity (Wildman–Crippen MR) is 77.2 cm³/mol. The Morgan fingerprint density at radius 3 is 1.76 bits per heavy atom. The first-order chi connectivity index (χ1) is 10.1. The number of rotatable bonds is 4. The van der Waals surface area contributed by atoms with Crippen LogP contribution >= 0.6 is 0 Å². The number of esters is 2. The van der Waals surface area contributed by atoms with Crippen LogP contribution in [0.4, 0.5) is 0 Å². The van der Waals surface area contributed by atoms with E-state index in [0.29, 0.717) is 11.1 Å². The van der Waals surface area contributed by atoms with Crippen molar-refractivity contribution in [3.05, 3.63) is 84.4 Å². The molecule has 0 unspecified atom stereocenters. The van der Waals surface area contributed by atoms with E-state index in [2.05, 4.69) is 11.3 Å². The number of carbonyl (C=O) groups excluding carboxylic acids is 2. The Morgan fingerprint density at radius 1 is 0.952 bits per heavy atom. The Labute approximate surface area is 122 Å². The molecular formula is C17H14O4. The highest BCUT2D eigenvalue weighted by atomic mass is 16.6. The lowest BCUT2D eigenvalue weighted by atomic mass is 9.86. The number of carbonyl (C=O) groups is 2. The van der Waals surface area contributed by atoms with Crippen LogP contribution in [0.2, 0.25) is 0 Å². The maximum atomic E-state index is 12.3. The van der Waals surface area contributed by atoms with E-state index in [4.69, 9.17) is 0 Å². The highest BCUT2D eigenvalue weighted by Gasteiger charge is 2.42. The van der Waals surface area contributed by atoms with Gasteiger partial charge in [-0.2, -0.15) is 0 Å². The SMILES string of the molecule is C=CC(=O)OC(=O)C(O)(c1ccccc1)c1ccccc1. The van der Waals surface area contributed by atoms with Crippen molar-refractivity contribution in [3.8, 4) is 0 Å². The zero-order chi connectivity index (χ0) is 15.3. The van der Waals surface area contributed by atoms with Gasteiger partial charge in [0, 0.05) is 6.08 Å². The highest BCUT2D eigenvalue weighted by molar-refractivity contribution is 5.97. The third-order valence-corrected chi connectivity index (χ3v) is 3.04. The number of hydrogen-bond donors (Lipinski definition) is 1. The summed E-state index contributed by atoms with van der Waals surface area (Å²) in [4.78, 5) is 23.6. The zero-order valence-corrected chi connectivity index (χ0v) is 11.2. The van der Waals surface area contributed by atoms with Crippen molar-refractivity contribution in [1.82, 2.24) is 0 Å². The van der Waals surface area contributed by atoms with Crippen molar-refractivity contribution in [1.29, 1.82) is 0 Å². The fraction of sp³-hybridized carbons (Fsp3) is 0.0588. The third kappa shape index (κ3) is 2.90. The first kappa shape index (κ1) is 14.7. The first-order valence-electron chi connectivity index (χ1n) is 6.31. The molecule has 21 heavy (non-hydrogen) atoms. The topological polar surface area (TPSA) is 63.6 Å². The molecule has 0 aromatic heterocycles. The summed E-state index contributed by atoms with van der Waals surface area (Å²) in [6.07, 6.45) is 0.869. The summed E-state index contributed by atoms with van der Waals surface area (Å²) in [7, 11) is 0. The molecule has 0 aliphatic heterocycles. The summed E-state index contributed by atoms with van der Waals surface area (Å²) >= 11 is 0. The lowest BCUT2D eigenvalue weighted by molar-refractivity contribution is -0.169. The molecule has 0 bridgehead atoms. The number of benzene rings is 2. The average molecular weight is 282 g/mol. The van der Waals surface area contributed by atoms with E-state index in [0.717, 1.165) is 6.08 Å². The maximum absolute atomic E-state index is 12.3. The van der Waals surface area contributed by atoms with Crippen molar-refractivity contribution in [2.24, 2.45) is 0 Å². The summed E-state index contributed by atoms with van der Waals surface area (Å²) in [5, 5.41) is 10.9. The van der Waals surface area contributed by atoms with Gasteiger partial charge < -0.3 is 9.84 Å². The molecule has 0 fully saturated rings. The zero-order valence-electron chi connectivity index (χ0n) is 11.2. The van der Waals surface area contributed by atoms with Crippen LogP contribution in [-0.2, 0) is 19.9 Å². The Kier molecular flexibility index (Phi) is 4.30. The summed E-state index contributed by atoms with van der Waals surface area (Å²) < 4.78 is 4.63. The summed E-state index contributed by atoms with van der Waals surface area (Å²) in [6.45, 7) is 3.23. The Bertz CT molecular complexity index is 608. The molecule has 106 valence electrons. The quantitative estimate of drug-likeness (QED) is 0.530. The highest BCUT2D eigenvalue weighted by Crippen LogP contribution is 2.31. The normalized spacial score (nSPS) is 10.7. The molecule has 0 atom stereocenters. The van der Waals surface area contributed by atoms with Crippen molar-refractivity contribution in [2.75, 3.05) is 0 Å². The largest absolute Gasteiger partial charge is 0.387 e. The van der Waals surface area contributed by atoms with Crippen LogP contribution in [0.15, 0.2) is 73.3 Å². The molecule has 0 heterocycles. The molecule has 0 radical (unpaired) electrons. The molecule has 0 spiro atoms. The van der Waals surface area contributed by atoms with E-state index in [1.165, 1.54) is 0 Å². The van der Waals surface area contributed by atoms with Gasteiger partial charge in [-0.25, -0.2) is 9.59 Å². The lowest BCUT2D eigenvalue weighted by Crippen LogP contribution is -2.39. The summed E-state index contributed by atoms with van der Waals surface area (Å²) in [5.74, 6) is -1.98. The van der Waals surface area contributed by atoms with E-state index >= 15 is 0 Å². The minimum atomic E-state index is -2.05. The Balaban J connectivity index is 2.52. The number of hydrogen-bond acceptors (Lipinski definition) is 4. The molecule has 0 aliphatic rings. The molecular weight excluding hydrogens is 268 g/mol. The van der Waals surface area contributed by atoms with Crippen molar-refractivity contribution in [3.63, 3.8) is 0 Å². The van der Waals surface area contributed by atoms with Crippen LogP contribution in [0.1, 0.15) is 11.1 Å². The van der Waals surface area contributed by atoms with Crippen LogP contribution in [0.3, 0.4) is 0 Å². The van der Waals surface area contributed by atoms with Crippen LogP contribution in [-0.4, -0.2) is 17.0 Å². The van der Waals surface area contributed by atoms with Gasteiger partial charge in [0.25, 0.3) is 0 Å². The Hall–Kier alpha value is -2.72. The van der Waals surface area contributed by atoms with Crippen LogP contribution in [0, 0.1) is 0 Å². The van der Waals surface area contributed by atoms with Crippen molar-refractivity contribution < 1.29 is 19.4 Å². The van der Waals surface area contributed by atoms with Gasteiger partial charge in [-0.15, -0.1) is 0 Å². The lowest BCUT2D eigenvalue weighted by Gasteiger charge is -2.26. The van der Waals surface area contributed by atoms with Gasteiger partial charge in [-0.3, -0.25) is 0 Å². The van der Waals surface area contributed by atoms with Crippen LogP contribution < -0.4 is 0 Å². The Morgan fingerprint density at radius 2 is 1.38 bits per heavy atom. The fourth-order valence-corrected chi connectivity index (χ4v) is 1.97. The van der Waals surface area contributed by atoms with E-state index in [-0.39, 0.29) is 0 Å². The van der Waals surface area contributed by atoms with E-state index in [1.807, 2.05) is 0 Å². The third-order valence-electron chi connectivity index (χ3n) is 3.04. The van der Waals surface area contributed by atoms with E-state index in [1.54, 1.807) is 60.7 Å². The predicted octanol–water partition coefficient (Wildman–Crippen LogP) is 2.18. The number of ether oxygens (including phenoxy) is 1. The molecule has 1 N–H and O–H groups in total. The molecule has 0 saturated carbocycles. The van der Waals surface area contributed by atoms with Crippen molar-refractivity contribution in [2.45, 2.75) is 5.60 Å². The molecule has 0 amide bonds. The smallest absolute Gasteiger partial charge is 0.355 e. The molecule has 2 aromatic rings. The summed E-state index contributed by atoms with van der Waals surface area (Å²) in [5.41, 5.74) is -1.42. The van der Waals surface area contributed by atoms with E-state index < -0.39 is 17.5 Å². The molecule has 2 aromatic carbocycles. The second kappa shape index (κ2) is 6.15. The number of aliphatic hydroxyl groups is 1. The fourth-order valence-electron chi connectivity index (χ4n) is 1.97. The van der Waals surface area contributed by atoms with E-state index in [9.17, 15) is 14.7 Å². The monoisotopic (exact) mass is 282 g/mol.